The first-order valence-corrected chi connectivity index (χ1v) is 4.49. The number of likely N-dealkylation sites (N-methyl/N-ethyl adjacent to an activating group) is 1. The van der Waals surface area contributed by atoms with Crippen LogP contribution in [0.15, 0.2) is 30.3 Å². The zero-order valence-electron chi connectivity index (χ0n) is 8.21. The average Bonchev–Trinajstić information content (AvgIpc) is 2.27. The molecule has 1 aromatic carbocycles. The Morgan fingerprint density at radius 2 is 1.87 bits per heavy atom. The summed E-state index contributed by atoms with van der Waals surface area (Å²) in [6.07, 6.45) is 0. The number of imide groups is 1. The zero-order chi connectivity index (χ0) is 10.8. The van der Waals surface area contributed by atoms with E-state index in [1.165, 1.54) is 7.05 Å². The van der Waals surface area contributed by atoms with Crippen LogP contribution < -0.4 is 5.06 Å². The van der Waals surface area contributed by atoms with Gasteiger partial charge in [-0.2, -0.15) is 5.06 Å². The molecular weight excluding hydrogens is 196 g/mol. The maximum Gasteiger partial charge on any atom is 0.355 e. The smallest absolute Gasteiger partial charge is 0.272 e. The van der Waals surface area contributed by atoms with Crippen LogP contribution >= 0.6 is 0 Å². The van der Waals surface area contributed by atoms with E-state index in [2.05, 4.69) is 0 Å². The first-order chi connectivity index (χ1) is 7.20. The number of carbonyl (C=O) groups excluding carboxylic acids is 2. The molecule has 0 saturated carbocycles. The Morgan fingerprint density at radius 3 is 2.53 bits per heavy atom. The van der Waals surface area contributed by atoms with Crippen molar-refractivity contribution in [3.63, 3.8) is 0 Å². The van der Waals surface area contributed by atoms with Gasteiger partial charge in [-0.3, -0.25) is 14.5 Å². The maximum atomic E-state index is 11.6. The predicted molar refractivity (Wildman–Crippen MR) is 53.0 cm³/mol. The number of nitrogens with zero attached hydrogens (tertiary/aromatic N) is 2. The van der Waals surface area contributed by atoms with E-state index < -0.39 is 6.03 Å². The van der Waals surface area contributed by atoms with Gasteiger partial charge in [-0.1, -0.05) is 18.2 Å². The highest BCUT2D eigenvalue weighted by Crippen LogP contribution is 2.18. The van der Waals surface area contributed by atoms with Crippen molar-refractivity contribution < 1.29 is 14.4 Å². The molecule has 1 heterocycles. The summed E-state index contributed by atoms with van der Waals surface area (Å²) >= 11 is 0. The minimum absolute atomic E-state index is 0.114. The summed E-state index contributed by atoms with van der Waals surface area (Å²) in [6, 6.07) is 8.43. The monoisotopic (exact) mass is 206 g/mol. The molecule has 5 nitrogen and oxygen atoms in total. The number of rotatable bonds is 1. The first kappa shape index (κ1) is 9.67. The van der Waals surface area contributed by atoms with E-state index in [9.17, 15) is 9.59 Å². The van der Waals surface area contributed by atoms with Gasteiger partial charge >= 0.3 is 6.03 Å². The Balaban J connectivity index is 2.25. The van der Waals surface area contributed by atoms with E-state index in [1.54, 1.807) is 24.3 Å². The lowest BCUT2D eigenvalue weighted by Crippen LogP contribution is -2.51. The molecule has 1 saturated heterocycles. The number of hydrogen-bond acceptors (Lipinski definition) is 3. The van der Waals surface area contributed by atoms with E-state index in [4.69, 9.17) is 4.84 Å². The highest BCUT2D eigenvalue weighted by Gasteiger charge is 2.31. The van der Waals surface area contributed by atoms with E-state index in [0.717, 1.165) is 9.96 Å². The van der Waals surface area contributed by atoms with Crippen molar-refractivity contribution in [3.05, 3.63) is 30.3 Å². The molecule has 0 unspecified atom stereocenters. The highest BCUT2D eigenvalue weighted by molar-refractivity contribution is 6.03. The van der Waals surface area contributed by atoms with Crippen LogP contribution in [0.4, 0.5) is 10.5 Å². The third-order valence-electron chi connectivity index (χ3n) is 2.14. The number of carbonyl (C=O) groups is 2. The van der Waals surface area contributed by atoms with Gasteiger partial charge in [-0.25, -0.2) is 4.79 Å². The van der Waals surface area contributed by atoms with Crippen molar-refractivity contribution in [1.29, 1.82) is 0 Å². The van der Waals surface area contributed by atoms with Gasteiger partial charge in [-0.05, 0) is 12.1 Å². The molecular formula is C10H10N2O3. The highest BCUT2D eigenvalue weighted by atomic mass is 16.7. The van der Waals surface area contributed by atoms with Crippen molar-refractivity contribution in [1.82, 2.24) is 4.90 Å². The SMILES string of the molecule is CN1C(=O)CON(c2ccccc2)C1=O. The summed E-state index contributed by atoms with van der Waals surface area (Å²) in [5.41, 5.74) is 0.613. The van der Waals surface area contributed by atoms with Gasteiger partial charge in [0.1, 0.15) is 0 Å². The van der Waals surface area contributed by atoms with Crippen LogP contribution in [0.1, 0.15) is 0 Å². The number of benzene rings is 1. The van der Waals surface area contributed by atoms with E-state index >= 15 is 0 Å². The molecule has 0 atom stereocenters. The summed E-state index contributed by atoms with van der Waals surface area (Å²) < 4.78 is 0. The van der Waals surface area contributed by atoms with Crippen molar-refractivity contribution in [2.24, 2.45) is 0 Å². The maximum absolute atomic E-state index is 11.6. The summed E-state index contributed by atoms with van der Waals surface area (Å²) in [6.45, 7) is -0.114. The second kappa shape index (κ2) is 3.70. The van der Waals surface area contributed by atoms with E-state index in [0.29, 0.717) is 5.69 Å². The molecule has 1 aliphatic rings. The van der Waals surface area contributed by atoms with Crippen LogP contribution in [-0.2, 0) is 9.63 Å². The molecule has 0 aliphatic carbocycles. The van der Waals surface area contributed by atoms with Crippen molar-refractivity contribution >= 4 is 17.6 Å². The molecule has 2 rings (SSSR count). The van der Waals surface area contributed by atoms with Gasteiger partial charge in [0.05, 0.1) is 5.69 Å². The van der Waals surface area contributed by atoms with Gasteiger partial charge in [0.25, 0.3) is 5.91 Å². The zero-order valence-corrected chi connectivity index (χ0v) is 8.21. The van der Waals surface area contributed by atoms with E-state index in [-0.39, 0.29) is 12.5 Å². The summed E-state index contributed by atoms with van der Waals surface area (Å²) in [5, 5.41) is 1.11. The lowest BCUT2D eigenvalue weighted by molar-refractivity contribution is -0.135. The minimum Gasteiger partial charge on any atom is -0.272 e. The van der Waals surface area contributed by atoms with Gasteiger partial charge < -0.3 is 0 Å². The molecule has 15 heavy (non-hydrogen) atoms. The Bertz CT molecular complexity index is 391. The van der Waals surface area contributed by atoms with Crippen molar-refractivity contribution in [2.75, 3.05) is 18.7 Å². The summed E-state index contributed by atoms with van der Waals surface area (Å²) in [5.74, 6) is -0.341. The summed E-state index contributed by atoms with van der Waals surface area (Å²) in [7, 11) is 1.43. The molecule has 78 valence electrons. The molecule has 5 heteroatoms. The van der Waals surface area contributed by atoms with Crippen LogP contribution in [0, 0.1) is 0 Å². The van der Waals surface area contributed by atoms with Crippen LogP contribution in [0.3, 0.4) is 0 Å². The molecule has 0 bridgehead atoms. The Labute approximate surface area is 86.8 Å². The van der Waals surface area contributed by atoms with Crippen molar-refractivity contribution in [3.8, 4) is 0 Å². The molecule has 0 aromatic heterocycles. The fourth-order valence-electron chi connectivity index (χ4n) is 1.26. The molecule has 0 N–H and O–H groups in total. The van der Waals surface area contributed by atoms with Crippen molar-refractivity contribution in [2.45, 2.75) is 0 Å². The normalized spacial score (nSPS) is 17.1. The quantitative estimate of drug-likeness (QED) is 0.689. The van der Waals surface area contributed by atoms with Crippen LogP contribution in [-0.4, -0.2) is 30.5 Å². The minimum atomic E-state index is -0.475. The molecule has 1 aliphatic heterocycles. The lowest BCUT2D eigenvalue weighted by Gasteiger charge is -2.30. The molecule has 1 fully saturated rings. The van der Waals surface area contributed by atoms with Gasteiger partial charge in [0.15, 0.2) is 6.61 Å². The van der Waals surface area contributed by atoms with Crippen LogP contribution in [0.25, 0.3) is 0 Å². The standard InChI is InChI=1S/C10H10N2O3/c1-11-9(13)7-15-12(10(11)14)8-5-3-2-4-6-8/h2-6H,7H2,1H3. The van der Waals surface area contributed by atoms with Crippen LogP contribution in [0.2, 0.25) is 0 Å². The second-order valence-corrected chi connectivity index (χ2v) is 3.14. The van der Waals surface area contributed by atoms with Gasteiger partial charge in [-0.15, -0.1) is 0 Å². The first-order valence-electron chi connectivity index (χ1n) is 4.49. The third kappa shape index (κ3) is 1.69. The average molecular weight is 206 g/mol. The topological polar surface area (TPSA) is 49.9 Å². The number of anilines is 1. The molecule has 3 amide bonds. The number of amides is 3. The Morgan fingerprint density at radius 1 is 1.20 bits per heavy atom. The molecule has 0 radical (unpaired) electrons. The number of hydrogen-bond donors (Lipinski definition) is 0. The number of urea groups is 1. The van der Waals surface area contributed by atoms with Crippen LogP contribution in [0.5, 0.6) is 0 Å². The number of hydroxylamine groups is 1. The number of para-hydroxylation sites is 1. The fourth-order valence-corrected chi connectivity index (χ4v) is 1.26. The Kier molecular flexibility index (Phi) is 2.39. The Hall–Kier alpha value is -1.88. The predicted octanol–water partition coefficient (Wildman–Crippen LogP) is 1.02. The second-order valence-electron chi connectivity index (χ2n) is 3.14. The third-order valence-corrected chi connectivity index (χ3v) is 2.14. The fraction of sp³-hybridized carbons (Fsp3) is 0.200. The van der Waals surface area contributed by atoms with Gasteiger partial charge in [0, 0.05) is 7.05 Å². The summed E-state index contributed by atoms with van der Waals surface area (Å²) in [4.78, 5) is 28.9. The van der Waals surface area contributed by atoms with Gasteiger partial charge in [0.2, 0.25) is 0 Å². The molecule has 0 spiro atoms. The van der Waals surface area contributed by atoms with E-state index in [1.807, 2.05) is 6.07 Å². The largest absolute Gasteiger partial charge is 0.355 e. The molecule has 1 aromatic rings. The lowest BCUT2D eigenvalue weighted by atomic mass is 10.3.